The van der Waals surface area contributed by atoms with Crippen molar-refractivity contribution in [1.82, 2.24) is 0 Å². The van der Waals surface area contributed by atoms with Crippen LogP contribution in [0.2, 0.25) is 0 Å². The average molecular weight is 1560 g/mol. The molecule has 13 rings (SSSR count). The lowest BCUT2D eigenvalue weighted by molar-refractivity contribution is 0.112. The first-order valence-electron chi connectivity index (χ1n) is 36.4. The van der Waals surface area contributed by atoms with Gasteiger partial charge in [0.1, 0.15) is 52.9 Å². The number of aldehydes is 1. The van der Waals surface area contributed by atoms with Crippen LogP contribution in [-0.4, -0.2) is 62.2 Å². The molecule has 0 spiro atoms. The van der Waals surface area contributed by atoms with Crippen LogP contribution in [-0.2, 0) is 24.6 Å². The van der Waals surface area contributed by atoms with Crippen molar-refractivity contribution in [2.75, 3.05) is 70.6 Å². The minimum Gasteiger partial charge on any atom is -0.497 e. The van der Waals surface area contributed by atoms with Gasteiger partial charge in [0.15, 0.2) is 14.3 Å². The highest BCUT2D eigenvalue weighted by Crippen LogP contribution is 2.45. The van der Waals surface area contributed by atoms with Crippen molar-refractivity contribution < 1.29 is 51.6 Å². The number of ether oxygens (including phenoxy) is 7. The highest BCUT2D eigenvalue weighted by Gasteiger charge is 2.25. The normalized spacial score (nSPS) is 11.1. The number of benzene rings is 13. The maximum Gasteiger partial charge on any atom is 0.512 e. The van der Waals surface area contributed by atoms with E-state index in [9.17, 15) is 24.4 Å². The van der Waals surface area contributed by atoms with Crippen LogP contribution in [0.15, 0.2) is 267 Å². The molecule has 0 aliphatic heterocycles. The summed E-state index contributed by atoms with van der Waals surface area (Å²) in [6, 6.07) is 90.5. The first-order valence-corrected chi connectivity index (χ1v) is 38.6. The second-order valence-corrected chi connectivity index (χ2v) is 27.3. The summed E-state index contributed by atoms with van der Waals surface area (Å²) in [5.74, 6) is 4.00. The van der Waals surface area contributed by atoms with Crippen molar-refractivity contribution in [2.45, 2.75) is 25.9 Å². The molecule has 0 saturated heterocycles. The number of methoxy groups -OCH3 is 6. The first-order chi connectivity index (χ1) is 56.3. The van der Waals surface area contributed by atoms with Crippen LogP contribution in [0.25, 0.3) is 55.5 Å². The molecule has 0 aromatic heterocycles. The number of nitrogens with zero attached hydrogens (tertiary/aromatic N) is 7. The van der Waals surface area contributed by atoms with Gasteiger partial charge in [-0.3, -0.25) is 9.36 Å². The van der Waals surface area contributed by atoms with E-state index in [1.807, 2.05) is 218 Å². The molecule has 115 heavy (non-hydrogen) atoms. The lowest BCUT2D eigenvalue weighted by Gasteiger charge is -2.26. The van der Waals surface area contributed by atoms with E-state index in [1.165, 1.54) is 0 Å². The van der Waals surface area contributed by atoms with Crippen molar-refractivity contribution in [3.05, 3.63) is 340 Å². The van der Waals surface area contributed by atoms with E-state index in [-0.39, 0.29) is 14.6 Å². The Morgan fingerprint density at radius 2 is 0.704 bits per heavy atom. The van der Waals surface area contributed by atoms with Gasteiger partial charge in [0.05, 0.1) is 73.5 Å². The fraction of sp³-hybridized carbons (Fsp3) is 0.126. The summed E-state index contributed by atoms with van der Waals surface area (Å²) in [5.41, 5.74) is 15.8. The van der Waals surface area contributed by atoms with E-state index in [0.29, 0.717) is 63.2 Å². The number of carbonyl (C=O) groups excluding carboxylic acids is 1. The summed E-state index contributed by atoms with van der Waals surface area (Å²) in [6.07, 6.45) is 8.90. The standard InChI is InChI=1S/C56H44N4O4.C21H19NO3.C18H17N2O4P2/c1-58-56-42(13-7-40-10-18-44(19-11-40)60(47-24-32-51(63-4)33-25-47)48-26-34-52(64-5)35-27-48)15-36-53-54(56)37-14-41(55(53)38-57)12-6-39-8-16-43(17-9-39)59(45-20-28-49(61-2)29-21-45)46-22-30-50(62-3)31-23-46;1-24-20-11-7-18(8-12-20)22(17-5-3-16(15-23)4-6-17)19-9-13-21(25-2)14-10-19;1-4-23-18(25-21)15-9-8-13-14(17(15)20-3)7-6-12(16(13)10-19)11-26(22)24-5-2/h6-37H,2-5H3;3-15H,1-2H3;6-9,18H,4-5,11H2,1-2H3/q;;+1. The summed E-state index contributed by atoms with van der Waals surface area (Å²) in [7, 11) is 7.80. The molecule has 2 unspecified atom stereocenters. The largest absolute Gasteiger partial charge is 0.512 e. The molecule has 20 heteroatoms. The summed E-state index contributed by atoms with van der Waals surface area (Å²) >= 11 is 0. The summed E-state index contributed by atoms with van der Waals surface area (Å²) in [4.78, 5) is 24.9. The lowest BCUT2D eigenvalue weighted by Crippen LogP contribution is -2.09. The second kappa shape index (κ2) is 40.1. The molecule has 0 heterocycles. The van der Waals surface area contributed by atoms with Crippen LogP contribution in [0.4, 0.5) is 62.6 Å². The topological polar surface area (TPSA) is 191 Å². The fourth-order valence-corrected chi connectivity index (χ4v) is 14.4. The van der Waals surface area contributed by atoms with E-state index in [1.54, 1.807) is 80.8 Å². The molecule has 570 valence electrons. The molecule has 13 aromatic rings. The van der Waals surface area contributed by atoms with Gasteiger partial charge in [-0.05, 0) is 262 Å². The zero-order valence-electron chi connectivity index (χ0n) is 64.5. The van der Waals surface area contributed by atoms with Crippen LogP contribution in [0.5, 0.6) is 34.5 Å². The van der Waals surface area contributed by atoms with E-state index in [0.717, 1.165) is 125 Å². The van der Waals surface area contributed by atoms with Gasteiger partial charge in [0, 0.05) is 68.9 Å². The molecular formula is C95H80N7O11P2+. The smallest absolute Gasteiger partial charge is 0.497 e. The third kappa shape index (κ3) is 19.8. The highest BCUT2D eigenvalue weighted by atomic mass is 31.1. The van der Waals surface area contributed by atoms with Gasteiger partial charge in [-0.1, -0.05) is 97.1 Å². The highest BCUT2D eigenvalue weighted by molar-refractivity contribution is 7.38. The Morgan fingerprint density at radius 1 is 0.391 bits per heavy atom. The number of rotatable bonds is 28. The lowest BCUT2D eigenvalue weighted by atomic mass is 9.95. The van der Waals surface area contributed by atoms with E-state index < -0.39 is 13.9 Å². The third-order valence-corrected chi connectivity index (χ3v) is 20.5. The van der Waals surface area contributed by atoms with Crippen molar-refractivity contribution in [1.29, 1.82) is 10.5 Å². The number of nitriles is 2. The molecule has 2 atom stereocenters. The Labute approximate surface area is 672 Å². The molecular weight excluding hydrogens is 1480 g/mol. The van der Waals surface area contributed by atoms with Crippen molar-refractivity contribution in [3.63, 3.8) is 0 Å². The van der Waals surface area contributed by atoms with Crippen LogP contribution in [0.3, 0.4) is 0 Å². The number of carbonyl (C=O) groups is 1. The number of fused-ring (bicyclic) bond motifs is 2. The van der Waals surface area contributed by atoms with Crippen LogP contribution in [0.1, 0.15) is 74.6 Å². The summed E-state index contributed by atoms with van der Waals surface area (Å²) < 4.78 is 66.0. The van der Waals surface area contributed by atoms with Gasteiger partial charge >= 0.3 is 8.03 Å². The predicted octanol–water partition coefficient (Wildman–Crippen LogP) is 25.4. The van der Waals surface area contributed by atoms with Crippen molar-refractivity contribution in [3.8, 4) is 46.6 Å². The molecule has 0 radical (unpaired) electrons. The van der Waals surface area contributed by atoms with Crippen LogP contribution in [0, 0.1) is 35.8 Å². The molecule has 0 bridgehead atoms. The SMILES string of the molecule is COc1ccc(N(c2ccc(C=O)cc2)c2ccc(OC)cc2)cc1.[C-]#[N+]c1c(C(OCC)P=O)ccc2c(C#N)c(C[P+](=O)OCC)ccc12.[C-]#[N+]c1c(C=Cc2ccc(N(c3ccc(OC)cc3)c3ccc(OC)cc3)cc2)ccc2c(C#N)c(C=Cc3ccc(N(c4ccc(OC)cc4)c4ccc(OC)cc4)cc3)ccc12. The molecule has 0 N–H and O–H groups in total. The van der Waals surface area contributed by atoms with E-state index >= 15 is 0 Å². The molecule has 0 amide bonds. The number of hydrogen-bond donors (Lipinski definition) is 0. The first kappa shape index (κ1) is 81.8. The Kier molecular flexibility index (Phi) is 28.5. The van der Waals surface area contributed by atoms with Crippen LogP contribution < -0.4 is 43.1 Å². The van der Waals surface area contributed by atoms with Gasteiger partial charge in [-0.25, -0.2) is 9.69 Å². The minimum absolute atomic E-state index is 0.137. The Morgan fingerprint density at radius 3 is 1.03 bits per heavy atom. The van der Waals surface area contributed by atoms with Gasteiger partial charge in [-0.15, -0.1) is 4.52 Å². The maximum absolute atomic E-state index is 11.9. The predicted molar refractivity (Wildman–Crippen MR) is 461 cm³/mol. The maximum atomic E-state index is 11.9. The Bertz CT molecular complexity index is 5430. The second-order valence-electron chi connectivity index (χ2n) is 25.3. The van der Waals surface area contributed by atoms with Gasteiger partial charge < -0.3 is 47.9 Å². The van der Waals surface area contributed by atoms with E-state index in [4.69, 9.17) is 50.8 Å². The molecule has 0 aliphatic carbocycles. The Hall–Kier alpha value is -14.2. The van der Waals surface area contributed by atoms with E-state index in [2.05, 4.69) is 85.1 Å². The zero-order chi connectivity index (χ0) is 81.2. The van der Waals surface area contributed by atoms with Crippen molar-refractivity contribution >= 4 is 131 Å². The van der Waals surface area contributed by atoms with Crippen LogP contribution >= 0.6 is 16.5 Å². The molecule has 13 aromatic carbocycles. The summed E-state index contributed by atoms with van der Waals surface area (Å²) in [5, 5.41) is 22.7. The zero-order valence-corrected chi connectivity index (χ0v) is 66.3. The fourth-order valence-electron chi connectivity index (χ4n) is 12.9. The average Bonchev–Trinajstić information content (AvgIpc) is 0.779. The molecule has 18 nitrogen and oxygen atoms in total. The molecule has 0 fully saturated rings. The van der Waals surface area contributed by atoms with Gasteiger partial charge in [-0.2, -0.15) is 10.5 Å². The quantitative estimate of drug-likeness (QED) is 0.0194. The number of anilines is 9. The minimum atomic E-state index is -1.89. The third-order valence-electron chi connectivity index (χ3n) is 18.7. The summed E-state index contributed by atoms with van der Waals surface area (Å²) in [6.45, 7) is 19.9. The number of hydrogen-bond acceptors (Lipinski definition) is 16. The molecule has 0 aliphatic rings. The Balaban J connectivity index is 0.000000208. The van der Waals surface area contributed by atoms with Gasteiger partial charge in [0.25, 0.3) is 0 Å². The van der Waals surface area contributed by atoms with Crippen molar-refractivity contribution in [2.24, 2.45) is 0 Å². The molecule has 0 saturated carbocycles. The van der Waals surface area contributed by atoms with Gasteiger partial charge in [0.2, 0.25) is 17.5 Å². The monoisotopic (exact) mass is 1560 g/mol.